The van der Waals surface area contributed by atoms with Gasteiger partial charge in [0.15, 0.2) is 11.9 Å². The van der Waals surface area contributed by atoms with Crippen LogP contribution in [0.5, 0.6) is 0 Å². The minimum atomic E-state index is -2.16. The van der Waals surface area contributed by atoms with E-state index in [1.807, 2.05) is 0 Å². The number of esters is 2. The Balaban J connectivity index is 4.79. The third kappa shape index (κ3) is 6.51. The van der Waals surface area contributed by atoms with Gasteiger partial charge in [0, 0.05) is 13.0 Å². The van der Waals surface area contributed by atoms with E-state index in [-0.39, 0.29) is 19.8 Å². The van der Waals surface area contributed by atoms with Crippen molar-refractivity contribution in [2.75, 3.05) is 19.8 Å². The van der Waals surface area contributed by atoms with Gasteiger partial charge in [-0.15, -0.1) is 0 Å². The number of carbonyl (C=O) groups is 2. The van der Waals surface area contributed by atoms with Crippen molar-refractivity contribution in [1.29, 1.82) is 0 Å². The second kappa shape index (κ2) is 8.84. The molecule has 0 spiro atoms. The predicted octanol–water partition coefficient (Wildman–Crippen LogP) is -0.0212. The summed E-state index contributed by atoms with van der Waals surface area (Å²) in [5, 5.41) is 19.7. The van der Waals surface area contributed by atoms with Crippen LogP contribution < -0.4 is 0 Å². The van der Waals surface area contributed by atoms with Crippen molar-refractivity contribution < 1.29 is 34.0 Å². The van der Waals surface area contributed by atoms with E-state index in [9.17, 15) is 19.8 Å². The molecule has 0 amide bonds. The molecule has 0 fully saturated rings. The molecule has 0 saturated heterocycles. The number of carbonyl (C=O) groups excluding carboxylic acids is 2. The predicted molar refractivity (Wildman–Crippen MR) is 65.1 cm³/mol. The van der Waals surface area contributed by atoms with E-state index in [1.165, 1.54) is 0 Å². The van der Waals surface area contributed by atoms with Crippen molar-refractivity contribution >= 4 is 11.9 Å². The second-order valence-electron chi connectivity index (χ2n) is 3.85. The molecule has 0 aliphatic carbocycles. The van der Waals surface area contributed by atoms with E-state index in [2.05, 4.69) is 4.74 Å². The lowest BCUT2D eigenvalue weighted by molar-refractivity contribution is -0.187. The Hall–Kier alpha value is -1.18. The first-order valence-electron chi connectivity index (χ1n) is 6.24. The summed E-state index contributed by atoms with van der Waals surface area (Å²) >= 11 is 0. The fourth-order valence-corrected chi connectivity index (χ4v) is 1.48. The molecule has 0 aliphatic heterocycles. The molecule has 0 rings (SSSR count). The van der Waals surface area contributed by atoms with Gasteiger partial charge in [0.05, 0.1) is 19.6 Å². The maximum Gasteiger partial charge on any atom is 0.338 e. The molecule has 0 aliphatic rings. The number of hydrogen-bond acceptors (Lipinski definition) is 7. The Morgan fingerprint density at radius 2 is 1.68 bits per heavy atom. The van der Waals surface area contributed by atoms with Crippen LogP contribution >= 0.6 is 0 Å². The molecule has 2 atom stereocenters. The lowest BCUT2D eigenvalue weighted by Gasteiger charge is -2.26. The van der Waals surface area contributed by atoms with Gasteiger partial charge in [-0.3, -0.25) is 4.79 Å². The molecule has 7 nitrogen and oxygen atoms in total. The first-order chi connectivity index (χ1) is 8.89. The van der Waals surface area contributed by atoms with Crippen molar-refractivity contribution in [2.24, 2.45) is 0 Å². The van der Waals surface area contributed by atoms with Gasteiger partial charge in [-0.2, -0.15) is 0 Å². The Bertz CT molecular complexity index is 292. The number of hydrogen-bond donors (Lipinski definition) is 2. The topological polar surface area (TPSA) is 102 Å². The average Bonchev–Trinajstić information content (AvgIpc) is 2.29. The van der Waals surface area contributed by atoms with Crippen molar-refractivity contribution in [1.82, 2.24) is 0 Å². The zero-order valence-corrected chi connectivity index (χ0v) is 11.5. The Morgan fingerprint density at radius 3 is 2.16 bits per heavy atom. The summed E-state index contributed by atoms with van der Waals surface area (Å²) in [6, 6.07) is 0. The highest BCUT2D eigenvalue weighted by Gasteiger charge is 2.42. The van der Waals surface area contributed by atoms with Crippen LogP contribution in [0.25, 0.3) is 0 Å². The number of aliphatic hydroxyl groups excluding tert-OH is 1. The highest BCUT2D eigenvalue weighted by molar-refractivity contribution is 5.85. The molecule has 0 aromatic heterocycles. The lowest BCUT2D eigenvalue weighted by Crippen LogP contribution is -2.45. The Kier molecular flexibility index (Phi) is 8.29. The summed E-state index contributed by atoms with van der Waals surface area (Å²) in [6.45, 7) is 5.22. The highest BCUT2D eigenvalue weighted by atomic mass is 16.6. The first kappa shape index (κ1) is 17.8. The van der Waals surface area contributed by atoms with Crippen molar-refractivity contribution in [3.63, 3.8) is 0 Å². The normalized spacial score (nSPS) is 15.4. The van der Waals surface area contributed by atoms with Crippen LogP contribution in [-0.2, 0) is 23.8 Å². The van der Waals surface area contributed by atoms with Crippen molar-refractivity contribution in [2.45, 2.75) is 45.5 Å². The molecule has 2 N–H and O–H groups in total. The van der Waals surface area contributed by atoms with Gasteiger partial charge in [0.25, 0.3) is 0 Å². The third-order valence-electron chi connectivity index (χ3n) is 2.27. The molecule has 2 unspecified atom stereocenters. The van der Waals surface area contributed by atoms with Gasteiger partial charge < -0.3 is 24.4 Å². The van der Waals surface area contributed by atoms with Crippen LogP contribution in [0.1, 0.15) is 33.6 Å². The zero-order valence-electron chi connectivity index (χ0n) is 11.5. The number of rotatable bonds is 9. The molecule has 112 valence electrons. The van der Waals surface area contributed by atoms with Gasteiger partial charge >= 0.3 is 11.9 Å². The maximum atomic E-state index is 11.7. The van der Waals surface area contributed by atoms with Crippen LogP contribution in [0.3, 0.4) is 0 Å². The van der Waals surface area contributed by atoms with Crippen molar-refractivity contribution in [3.8, 4) is 0 Å². The van der Waals surface area contributed by atoms with Gasteiger partial charge in [-0.25, -0.2) is 4.79 Å². The largest absolute Gasteiger partial charge is 0.466 e. The quantitative estimate of drug-likeness (QED) is 0.451. The van der Waals surface area contributed by atoms with Gasteiger partial charge in [0.2, 0.25) is 0 Å². The van der Waals surface area contributed by atoms with E-state index in [0.717, 1.165) is 0 Å². The standard InChI is InChI=1S/C12H22O7/c1-4-17-9(13)7-12(16,11(15)19-6-3)8-10(14)18-5-2/h9,13,16H,4-8H2,1-3H3. The fraction of sp³-hybridized carbons (Fsp3) is 0.833. The Morgan fingerprint density at radius 1 is 1.11 bits per heavy atom. The molecule has 0 radical (unpaired) electrons. The van der Waals surface area contributed by atoms with Crippen molar-refractivity contribution in [3.05, 3.63) is 0 Å². The molecule has 0 saturated carbocycles. The van der Waals surface area contributed by atoms with Crippen LogP contribution in [0.4, 0.5) is 0 Å². The third-order valence-corrected chi connectivity index (χ3v) is 2.27. The Labute approximate surface area is 112 Å². The summed E-state index contributed by atoms with van der Waals surface area (Å²) < 4.78 is 14.2. The fourth-order valence-electron chi connectivity index (χ4n) is 1.48. The summed E-state index contributed by atoms with van der Waals surface area (Å²) in [6.07, 6.45) is -2.42. The average molecular weight is 278 g/mol. The lowest BCUT2D eigenvalue weighted by atomic mass is 9.95. The van der Waals surface area contributed by atoms with E-state index in [4.69, 9.17) is 9.47 Å². The summed E-state index contributed by atoms with van der Waals surface area (Å²) in [5.74, 6) is -1.73. The van der Waals surface area contributed by atoms with Crippen LogP contribution in [0.2, 0.25) is 0 Å². The SMILES string of the molecule is CCOC(=O)CC(O)(CC(O)OCC)C(=O)OCC. The van der Waals surface area contributed by atoms with Gasteiger partial charge in [-0.1, -0.05) is 0 Å². The van der Waals surface area contributed by atoms with Crippen LogP contribution in [0.15, 0.2) is 0 Å². The number of ether oxygens (including phenoxy) is 3. The highest BCUT2D eigenvalue weighted by Crippen LogP contribution is 2.21. The molecule has 0 heterocycles. The smallest absolute Gasteiger partial charge is 0.338 e. The van der Waals surface area contributed by atoms with Gasteiger partial charge in [0.1, 0.15) is 0 Å². The summed E-state index contributed by atoms with van der Waals surface area (Å²) in [4.78, 5) is 23.1. The number of aliphatic hydroxyl groups is 2. The van der Waals surface area contributed by atoms with E-state index in [1.54, 1.807) is 20.8 Å². The van der Waals surface area contributed by atoms with Crippen LogP contribution in [0, 0.1) is 0 Å². The zero-order chi connectivity index (χ0) is 14.9. The molecule has 7 heteroatoms. The van der Waals surface area contributed by atoms with E-state index in [0.29, 0.717) is 0 Å². The monoisotopic (exact) mass is 278 g/mol. The minimum Gasteiger partial charge on any atom is -0.466 e. The summed E-state index contributed by atoms with van der Waals surface area (Å²) in [5.41, 5.74) is -2.16. The molecular formula is C12H22O7. The van der Waals surface area contributed by atoms with E-state index >= 15 is 0 Å². The second-order valence-corrected chi connectivity index (χ2v) is 3.85. The molecule has 19 heavy (non-hydrogen) atoms. The molecular weight excluding hydrogens is 256 g/mol. The molecule has 0 bridgehead atoms. The minimum absolute atomic E-state index is 0.0503. The molecule has 0 aromatic rings. The van der Waals surface area contributed by atoms with E-state index < -0.39 is 36.7 Å². The first-order valence-corrected chi connectivity index (χ1v) is 6.24. The maximum absolute atomic E-state index is 11.7. The molecule has 0 aromatic carbocycles. The van der Waals surface area contributed by atoms with Crippen LogP contribution in [-0.4, -0.2) is 53.9 Å². The summed E-state index contributed by atoms with van der Waals surface area (Å²) in [7, 11) is 0. The van der Waals surface area contributed by atoms with Gasteiger partial charge in [-0.05, 0) is 20.8 Å².